The lowest BCUT2D eigenvalue weighted by Gasteiger charge is -2.37. The second kappa shape index (κ2) is 14.9. The second-order valence-electron chi connectivity index (χ2n) is 13.9. The number of carbonyl (C=O) groups excluding carboxylic acids is 3. The Bertz CT molecular complexity index is 2570. The number of imidazole rings is 1. The number of aromatic amines is 1. The molecule has 2 aromatic carbocycles. The van der Waals surface area contributed by atoms with E-state index in [0.717, 1.165) is 16.5 Å². The number of hydrogen-bond acceptors (Lipinski definition) is 11. The standard InChI is InChI=1S/C38H38N8O8S2/c1-4-38(27-15-30-32-22(12-21-8-5-6-11-28(21)43-32)17-46(30)34(48)26(27)18-53-36(38)50)54-35(49)31(20(2)3)45-33(47)29(14-24-16-40-19-41-24)44-37(55)42-23-9-7-10-25(13-23)56(39,51)52/h5-13,15-16,19-20,29,31H,4,14,17-18H2,1-3H3,(H,40,41)(H,45,47)(H2,39,51,52)(H2,42,44,55)/t29-,31-,38-/m0/s1. The van der Waals surface area contributed by atoms with Crippen molar-refractivity contribution in [3.05, 3.63) is 106 Å². The van der Waals surface area contributed by atoms with Crippen LogP contribution < -0.4 is 26.6 Å². The summed E-state index contributed by atoms with van der Waals surface area (Å²) in [5.41, 5.74) is 1.51. The van der Waals surface area contributed by atoms with E-state index in [1.165, 1.54) is 30.7 Å². The second-order valence-corrected chi connectivity index (χ2v) is 15.9. The molecule has 0 aliphatic carbocycles. The number of H-pyrrole nitrogens is 1. The number of sulfonamides is 1. The van der Waals surface area contributed by atoms with E-state index in [4.69, 9.17) is 31.8 Å². The number of thiocarbonyl (C=S) groups is 1. The van der Waals surface area contributed by atoms with Crippen LogP contribution in [0.1, 0.15) is 49.6 Å². The van der Waals surface area contributed by atoms with Crippen LogP contribution in [0.15, 0.2) is 82.9 Å². The van der Waals surface area contributed by atoms with Crippen molar-refractivity contribution in [1.82, 2.24) is 30.2 Å². The average Bonchev–Trinajstić information content (AvgIpc) is 3.81. The van der Waals surface area contributed by atoms with Gasteiger partial charge in [0, 0.05) is 40.5 Å². The van der Waals surface area contributed by atoms with Crippen LogP contribution in [0.5, 0.6) is 0 Å². The van der Waals surface area contributed by atoms with E-state index in [9.17, 15) is 27.6 Å². The summed E-state index contributed by atoms with van der Waals surface area (Å²) in [7, 11) is -3.99. The highest BCUT2D eigenvalue weighted by molar-refractivity contribution is 7.89. The molecular formula is C38H38N8O8S2. The summed E-state index contributed by atoms with van der Waals surface area (Å²) < 4.78 is 37.0. The number of carbonyl (C=O) groups is 3. The number of fused-ring (bicyclic) bond motifs is 5. The first-order valence-corrected chi connectivity index (χ1v) is 19.7. The first-order valence-electron chi connectivity index (χ1n) is 17.7. The van der Waals surface area contributed by atoms with Crippen molar-refractivity contribution in [2.75, 3.05) is 5.32 Å². The number of esters is 2. The Morgan fingerprint density at radius 1 is 1.11 bits per heavy atom. The third-order valence-corrected chi connectivity index (χ3v) is 11.0. The van der Waals surface area contributed by atoms with E-state index < -0.39 is 51.5 Å². The van der Waals surface area contributed by atoms with E-state index in [1.807, 2.05) is 30.3 Å². The van der Waals surface area contributed by atoms with Crippen LogP contribution in [0.3, 0.4) is 0 Å². The minimum atomic E-state index is -3.99. The van der Waals surface area contributed by atoms with Gasteiger partial charge in [0.05, 0.1) is 40.2 Å². The number of nitrogens with one attached hydrogen (secondary N) is 4. The molecule has 290 valence electrons. The summed E-state index contributed by atoms with van der Waals surface area (Å²) in [6, 6.07) is 14.6. The molecule has 3 aromatic heterocycles. The lowest BCUT2D eigenvalue weighted by molar-refractivity contribution is -0.191. The van der Waals surface area contributed by atoms with Crippen molar-refractivity contribution in [2.24, 2.45) is 11.1 Å². The Hall–Kier alpha value is -5.98. The van der Waals surface area contributed by atoms with Crippen molar-refractivity contribution >= 4 is 61.8 Å². The molecule has 56 heavy (non-hydrogen) atoms. The summed E-state index contributed by atoms with van der Waals surface area (Å²) in [6.07, 6.45) is 2.94. The summed E-state index contributed by atoms with van der Waals surface area (Å²) in [4.78, 5) is 67.6. The lowest BCUT2D eigenvalue weighted by atomic mass is 9.85. The number of hydrogen-bond donors (Lipinski definition) is 5. The van der Waals surface area contributed by atoms with Crippen LogP contribution in [0, 0.1) is 5.92 Å². The molecular weight excluding hydrogens is 761 g/mol. The Balaban J connectivity index is 1.16. The maximum absolute atomic E-state index is 14.2. The zero-order valence-corrected chi connectivity index (χ0v) is 32.1. The van der Waals surface area contributed by atoms with Gasteiger partial charge >= 0.3 is 11.9 Å². The van der Waals surface area contributed by atoms with Gasteiger partial charge in [-0.2, -0.15) is 0 Å². The Morgan fingerprint density at radius 3 is 2.61 bits per heavy atom. The van der Waals surface area contributed by atoms with Gasteiger partial charge in [-0.1, -0.05) is 45.0 Å². The topological polar surface area (TPSA) is 229 Å². The number of cyclic esters (lactones) is 1. The van der Waals surface area contributed by atoms with E-state index >= 15 is 0 Å². The molecule has 0 bridgehead atoms. The molecule has 6 N–H and O–H groups in total. The van der Waals surface area contributed by atoms with Crippen molar-refractivity contribution in [3.8, 4) is 11.4 Å². The number of rotatable bonds is 11. The molecule has 5 heterocycles. The van der Waals surface area contributed by atoms with Gasteiger partial charge in [-0.05, 0) is 61.0 Å². The van der Waals surface area contributed by atoms with E-state index in [1.54, 1.807) is 37.5 Å². The molecule has 7 rings (SSSR count). The number of primary sulfonamides is 1. The van der Waals surface area contributed by atoms with Crippen LogP contribution in [0.2, 0.25) is 0 Å². The largest absolute Gasteiger partial charge is 0.457 e. The van der Waals surface area contributed by atoms with Crippen LogP contribution in [0.25, 0.3) is 22.3 Å². The van der Waals surface area contributed by atoms with Gasteiger partial charge in [-0.15, -0.1) is 0 Å². The summed E-state index contributed by atoms with van der Waals surface area (Å²) in [5, 5.41) is 14.7. The van der Waals surface area contributed by atoms with Crippen LogP contribution >= 0.6 is 12.2 Å². The molecule has 5 aromatic rings. The number of nitrogens with zero attached hydrogens (tertiary/aromatic N) is 3. The molecule has 1 amide bonds. The molecule has 16 nitrogen and oxygen atoms in total. The van der Waals surface area contributed by atoms with Gasteiger partial charge in [0.25, 0.3) is 5.56 Å². The van der Waals surface area contributed by atoms with Gasteiger partial charge in [0.15, 0.2) is 5.11 Å². The molecule has 0 radical (unpaired) electrons. The van der Waals surface area contributed by atoms with Gasteiger partial charge in [-0.3, -0.25) is 9.59 Å². The first kappa shape index (κ1) is 38.3. The summed E-state index contributed by atoms with van der Waals surface area (Å²) in [6.45, 7) is 5.02. The summed E-state index contributed by atoms with van der Waals surface area (Å²) in [5.74, 6) is -2.95. The highest BCUT2D eigenvalue weighted by Crippen LogP contribution is 2.41. The average molecular weight is 799 g/mol. The molecule has 18 heteroatoms. The Morgan fingerprint density at radius 2 is 1.89 bits per heavy atom. The zero-order chi connectivity index (χ0) is 39.9. The molecule has 2 aliphatic heterocycles. The van der Waals surface area contributed by atoms with Crippen LogP contribution in [-0.4, -0.2) is 63.0 Å². The normalized spacial score (nSPS) is 16.9. The van der Waals surface area contributed by atoms with Gasteiger partial charge in [0.2, 0.25) is 21.5 Å². The van der Waals surface area contributed by atoms with Gasteiger partial charge in [0.1, 0.15) is 18.7 Å². The van der Waals surface area contributed by atoms with E-state index in [0.29, 0.717) is 22.8 Å². The number of amides is 1. The van der Waals surface area contributed by atoms with Gasteiger partial charge < -0.3 is 35.0 Å². The number of ether oxygens (including phenoxy) is 2. The van der Waals surface area contributed by atoms with E-state index in [2.05, 4.69) is 25.9 Å². The third-order valence-electron chi connectivity index (χ3n) is 9.90. The fourth-order valence-electron chi connectivity index (χ4n) is 6.97. The number of aromatic nitrogens is 4. The molecule has 0 spiro atoms. The predicted octanol–water partition coefficient (Wildman–Crippen LogP) is 2.74. The first-order chi connectivity index (χ1) is 26.7. The van der Waals surface area contributed by atoms with Crippen molar-refractivity contribution in [3.63, 3.8) is 0 Å². The van der Waals surface area contributed by atoms with Crippen molar-refractivity contribution in [2.45, 2.75) is 69.3 Å². The quantitative estimate of drug-likeness (QED) is 0.0940. The van der Waals surface area contributed by atoms with Crippen LogP contribution in [-0.2, 0) is 59.1 Å². The highest BCUT2D eigenvalue weighted by Gasteiger charge is 2.51. The van der Waals surface area contributed by atoms with Crippen molar-refractivity contribution in [1.29, 1.82) is 0 Å². The fraction of sp³-hybridized carbons (Fsp3) is 0.289. The van der Waals surface area contributed by atoms with E-state index in [-0.39, 0.29) is 52.7 Å². The molecule has 0 fully saturated rings. The zero-order valence-electron chi connectivity index (χ0n) is 30.5. The molecule has 3 atom stereocenters. The third kappa shape index (κ3) is 7.25. The highest BCUT2D eigenvalue weighted by atomic mass is 32.2. The molecule has 0 saturated carbocycles. The monoisotopic (exact) mass is 798 g/mol. The van der Waals surface area contributed by atoms with Crippen LogP contribution in [0.4, 0.5) is 5.69 Å². The minimum absolute atomic E-state index is 0.0331. The maximum atomic E-state index is 14.2. The number of anilines is 1. The Kier molecular flexibility index (Phi) is 10.2. The van der Waals surface area contributed by atoms with Crippen molar-refractivity contribution < 1.29 is 32.3 Å². The smallest absolute Gasteiger partial charge is 0.355 e. The SMILES string of the molecule is CC[C@@]1(OC(=O)[C@@H](NC(=O)[C@H](Cc2cnc[nH]2)NC(=S)Nc2cccc(S(N)(=O)=O)c2)C(C)C)C(=O)OCc2c1cc1n(c2=O)Cc2cc3ccccc3nc2-1. The minimum Gasteiger partial charge on any atom is -0.457 e. The Labute approximate surface area is 326 Å². The number of pyridine rings is 2. The fourth-order valence-corrected chi connectivity index (χ4v) is 7.79. The maximum Gasteiger partial charge on any atom is 0.355 e. The lowest BCUT2D eigenvalue weighted by Crippen LogP contribution is -2.56. The predicted molar refractivity (Wildman–Crippen MR) is 208 cm³/mol. The number of nitrogens with two attached hydrogens (primary N) is 1. The summed E-state index contributed by atoms with van der Waals surface area (Å²) >= 11 is 5.48. The molecule has 2 aliphatic rings. The molecule has 0 saturated heterocycles. The van der Waals surface area contributed by atoms with Gasteiger partial charge in [-0.25, -0.2) is 33.1 Å². The molecule has 0 unspecified atom stereocenters. The number of benzene rings is 2. The number of para-hydroxylation sites is 1.